The van der Waals surface area contributed by atoms with Gasteiger partial charge in [-0.1, -0.05) is 35.9 Å². The zero-order chi connectivity index (χ0) is 16.2. The summed E-state index contributed by atoms with van der Waals surface area (Å²) in [4.78, 5) is 12.3. The Morgan fingerprint density at radius 2 is 2.09 bits per heavy atom. The van der Waals surface area contributed by atoms with Crippen LogP contribution in [0, 0.1) is 6.92 Å². The molecule has 2 aromatic carbocycles. The van der Waals surface area contributed by atoms with Crippen molar-refractivity contribution in [2.75, 3.05) is 5.32 Å². The molecule has 0 saturated heterocycles. The summed E-state index contributed by atoms with van der Waals surface area (Å²) in [5.74, 6) is 0.274. The van der Waals surface area contributed by atoms with Gasteiger partial charge < -0.3 is 9.73 Å². The number of hydrogen-bond acceptors (Lipinski definition) is 4. The van der Waals surface area contributed by atoms with E-state index in [2.05, 4.69) is 15.5 Å². The lowest BCUT2D eigenvalue weighted by molar-refractivity contribution is -0.115. The van der Waals surface area contributed by atoms with Gasteiger partial charge in [0.25, 0.3) is 0 Å². The Hall–Kier alpha value is -2.66. The third-order valence-electron chi connectivity index (χ3n) is 3.43. The van der Waals surface area contributed by atoms with Crippen molar-refractivity contribution in [2.24, 2.45) is 0 Å². The number of halogens is 1. The first kappa shape index (κ1) is 15.2. The van der Waals surface area contributed by atoms with Gasteiger partial charge in [-0.2, -0.15) is 0 Å². The second-order valence-corrected chi connectivity index (χ2v) is 5.50. The van der Waals surface area contributed by atoms with E-state index in [1.807, 2.05) is 43.3 Å². The van der Waals surface area contributed by atoms with Crippen LogP contribution in [0.1, 0.15) is 11.1 Å². The highest BCUT2D eigenvalue weighted by Gasteiger charge is 2.11. The molecule has 0 atom stereocenters. The number of amides is 1. The molecule has 0 spiro atoms. The van der Waals surface area contributed by atoms with Crippen molar-refractivity contribution in [1.29, 1.82) is 0 Å². The van der Waals surface area contributed by atoms with Crippen molar-refractivity contribution in [3.63, 3.8) is 0 Å². The number of rotatable bonds is 4. The SMILES string of the molecule is Cc1ccc(-c2nnco2)cc1NC(=O)Cc1ccccc1Cl. The molecule has 0 aliphatic heterocycles. The largest absolute Gasteiger partial charge is 0.423 e. The van der Waals surface area contributed by atoms with Crippen molar-refractivity contribution in [3.05, 3.63) is 65.0 Å². The maximum atomic E-state index is 12.3. The minimum atomic E-state index is -0.135. The van der Waals surface area contributed by atoms with Crippen LogP contribution in [-0.2, 0) is 11.2 Å². The summed E-state index contributed by atoms with van der Waals surface area (Å²) in [6, 6.07) is 12.9. The molecule has 0 aliphatic rings. The summed E-state index contributed by atoms with van der Waals surface area (Å²) in [5.41, 5.74) is 3.19. The maximum Gasteiger partial charge on any atom is 0.247 e. The molecule has 1 N–H and O–H groups in total. The van der Waals surface area contributed by atoms with Gasteiger partial charge in [-0.05, 0) is 36.2 Å². The van der Waals surface area contributed by atoms with Crippen molar-refractivity contribution in [1.82, 2.24) is 10.2 Å². The van der Waals surface area contributed by atoms with Gasteiger partial charge in [0.2, 0.25) is 18.2 Å². The van der Waals surface area contributed by atoms with E-state index in [1.54, 1.807) is 6.07 Å². The van der Waals surface area contributed by atoms with E-state index in [9.17, 15) is 4.79 Å². The molecule has 0 fully saturated rings. The predicted octanol–water partition coefficient (Wildman–Crippen LogP) is 3.88. The number of aromatic nitrogens is 2. The summed E-state index contributed by atoms with van der Waals surface area (Å²) in [5, 5.41) is 11.0. The lowest BCUT2D eigenvalue weighted by Crippen LogP contribution is -2.15. The molecule has 0 aliphatic carbocycles. The summed E-state index contributed by atoms with van der Waals surface area (Å²) in [6.07, 6.45) is 1.48. The first-order valence-corrected chi connectivity index (χ1v) is 7.42. The molecule has 1 amide bonds. The molecule has 0 bridgehead atoms. The first-order valence-electron chi connectivity index (χ1n) is 7.04. The van der Waals surface area contributed by atoms with Gasteiger partial charge in [-0.25, -0.2) is 0 Å². The minimum absolute atomic E-state index is 0.135. The molecule has 1 heterocycles. The minimum Gasteiger partial charge on any atom is -0.423 e. The Labute approximate surface area is 138 Å². The van der Waals surface area contributed by atoms with E-state index in [0.717, 1.165) is 16.7 Å². The lowest BCUT2D eigenvalue weighted by atomic mass is 10.1. The second kappa shape index (κ2) is 6.62. The predicted molar refractivity (Wildman–Crippen MR) is 88.3 cm³/mol. The van der Waals surface area contributed by atoms with Gasteiger partial charge in [0.05, 0.1) is 6.42 Å². The number of carbonyl (C=O) groups excluding carboxylic acids is 1. The average Bonchev–Trinajstić information content (AvgIpc) is 3.06. The molecule has 0 radical (unpaired) electrons. The zero-order valence-corrected chi connectivity index (χ0v) is 13.2. The second-order valence-electron chi connectivity index (χ2n) is 5.09. The highest BCUT2D eigenvalue weighted by Crippen LogP contribution is 2.24. The Kier molecular flexibility index (Phi) is 4.39. The number of nitrogens with zero attached hydrogens (tertiary/aromatic N) is 2. The van der Waals surface area contributed by atoms with Gasteiger partial charge in [0.1, 0.15) is 0 Å². The standard InChI is InChI=1S/C17H14ClN3O2/c1-11-6-7-13(17-21-19-10-23-17)8-15(11)20-16(22)9-12-4-2-3-5-14(12)18/h2-8,10H,9H2,1H3,(H,20,22). The molecule has 0 saturated carbocycles. The van der Waals surface area contributed by atoms with Crippen LogP contribution >= 0.6 is 11.6 Å². The van der Waals surface area contributed by atoms with Gasteiger partial charge in [0.15, 0.2) is 0 Å². The van der Waals surface area contributed by atoms with E-state index in [4.69, 9.17) is 16.0 Å². The zero-order valence-electron chi connectivity index (χ0n) is 12.4. The van der Waals surface area contributed by atoms with Crippen molar-refractivity contribution in [3.8, 4) is 11.5 Å². The van der Waals surface area contributed by atoms with Crippen LogP contribution in [0.5, 0.6) is 0 Å². The third kappa shape index (κ3) is 3.57. The molecule has 1 aromatic heterocycles. The summed E-state index contributed by atoms with van der Waals surface area (Å²) in [7, 11) is 0. The van der Waals surface area contributed by atoms with Crippen LogP contribution < -0.4 is 5.32 Å². The van der Waals surface area contributed by atoms with Crippen LogP contribution in [0.2, 0.25) is 5.02 Å². The third-order valence-corrected chi connectivity index (χ3v) is 3.80. The number of nitrogens with one attached hydrogen (secondary N) is 1. The lowest BCUT2D eigenvalue weighted by Gasteiger charge is -2.10. The number of carbonyl (C=O) groups is 1. The Balaban J connectivity index is 1.78. The highest BCUT2D eigenvalue weighted by molar-refractivity contribution is 6.31. The number of benzene rings is 2. The van der Waals surface area contributed by atoms with Gasteiger partial charge in [0, 0.05) is 16.3 Å². The highest BCUT2D eigenvalue weighted by atomic mass is 35.5. The quantitative estimate of drug-likeness (QED) is 0.789. The fourth-order valence-electron chi connectivity index (χ4n) is 2.20. The van der Waals surface area contributed by atoms with Crippen LogP contribution in [0.25, 0.3) is 11.5 Å². The van der Waals surface area contributed by atoms with Crippen LogP contribution in [0.4, 0.5) is 5.69 Å². The summed E-state index contributed by atoms with van der Waals surface area (Å²) in [6.45, 7) is 1.92. The normalized spacial score (nSPS) is 10.5. The summed E-state index contributed by atoms with van der Waals surface area (Å²) >= 11 is 6.09. The Morgan fingerprint density at radius 1 is 1.26 bits per heavy atom. The molecule has 116 valence electrons. The Morgan fingerprint density at radius 3 is 2.83 bits per heavy atom. The maximum absolute atomic E-state index is 12.3. The van der Waals surface area contributed by atoms with E-state index in [-0.39, 0.29) is 12.3 Å². The molecule has 3 rings (SSSR count). The van der Waals surface area contributed by atoms with Crippen molar-refractivity contribution < 1.29 is 9.21 Å². The number of aryl methyl sites for hydroxylation is 1. The fraction of sp³-hybridized carbons (Fsp3) is 0.118. The topological polar surface area (TPSA) is 68.0 Å². The number of hydrogen-bond donors (Lipinski definition) is 1. The molecular weight excluding hydrogens is 314 g/mol. The molecule has 0 unspecified atom stereocenters. The molecule has 6 heteroatoms. The Bertz CT molecular complexity index is 832. The van der Waals surface area contributed by atoms with Crippen LogP contribution in [-0.4, -0.2) is 16.1 Å². The van der Waals surface area contributed by atoms with Gasteiger partial charge >= 0.3 is 0 Å². The smallest absolute Gasteiger partial charge is 0.247 e. The van der Waals surface area contributed by atoms with Crippen LogP contribution in [0.3, 0.4) is 0 Å². The van der Waals surface area contributed by atoms with E-state index >= 15 is 0 Å². The first-order chi connectivity index (χ1) is 11.1. The molecule has 3 aromatic rings. The van der Waals surface area contributed by atoms with Crippen molar-refractivity contribution in [2.45, 2.75) is 13.3 Å². The van der Waals surface area contributed by atoms with Gasteiger partial charge in [-0.15, -0.1) is 10.2 Å². The average molecular weight is 328 g/mol. The van der Waals surface area contributed by atoms with E-state index in [0.29, 0.717) is 16.6 Å². The molecule has 23 heavy (non-hydrogen) atoms. The van der Waals surface area contributed by atoms with E-state index < -0.39 is 0 Å². The van der Waals surface area contributed by atoms with E-state index in [1.165, 1.54) is 6.39 Å². The molecule has 5 nitrogen and oxygen atoms in total. The monoisotopic (exact) mass is 327 g/mol. The summed E-state index contributed by atoms with van der Waals surface area (Å²) < 4.78 is 5.18. The fourth-order valence-corrected chi connectivity index (χ4v) is 2.40. The molecular formula is C17H14ClN3O2. The van der Waals surface area contributed by atoms with Crippen LogP contribution in [0.15, 0.2) is 53.3 Å². The number of anilines is 1. The van der Waals surface area contributed by atoms with Crippen molar-refractivity contribution >= 4 is 23.2 Å². The van der Waals surface area contributed by atoms with Gasteiger partial charge in [-0.3, -0.25) is 4.79 Å².